The van der Waals surface area contributed by atoms with Crippen LogP contribution in [0.4, 0.5) is 5.69 Å². The first-order valence-corrected chi connectivity index (χ1v) is 4.49. The molecule has 1 aromatic carbocycles. The van der Waals surface area contributed by atoms with Gasteiger partial charge in [-0.15, -0.1) is 11.6 Å². The van der Waals surface area contributed by atoms with E-state index in [-0.39, 0.29) is 17.1 Å². The molecule has 1 aromatic rings. The SMILES string of the molecule is COc1ccc([N+](=O)[O-])c(C#N)c1CCl. The second-order valence-electron chi connectivity index (χ2n) is 2.64. The Kier molecular flexibility index (Phi) is 3.47. The van der Waals surface area contributed by atoms with Crippen molar-refractivity contribution in [2.24, 2.45) is 0 Å². The fourth-order valence-electron chi connectivity index (χ4n) is 1.22. The number of hydrogen-bond acceptors (Lipinski definition) is 4. The van der Waals surface area contributed by atoms with Crippen LogP contribution in [-0.2, 0) is 5.88 Å². The maximum absolute atomic E-state index is 10.6. The van der Waals surface area contributed by atoms with Gasteiger partial charge in [0, 0.05) is 11.6 Å². The van der Waals surface area contributed by atoms with Crippen LogP contribution in [0.5, 0.6) is 5.75 Å². The first-order valence-electron chi connectivity index (χ1n) is 3.96. The molecule has 0 aliphatic heterocycles. The van der Waals surface area contributed by atoms with Crippen molar-refractivity contribution in [2.45, 2.75) is 5.88 Å². The highest BCUT2D eigenvalue weighted by Gasteiger charge is 2.20. The molecule has 15 heavy (non-hydrogen) atoms. The Morgan fingerprint density at radius 2 is 2.33 bits per heavy atom. The summed E-state index contributed by atoms with van der Waals surface area (Å²) < 4.78 is 4.96. The van der Waals surface area contributed by atoms with Crippen molar-refractivity contribution in [3.05, 3.63) is 33.4 Å². The molecule has 0 aliphatic carbocycles. The molecule has 0 aliphatic rings. The Labute approximate surface area is 91.0 Å². The summed E-state index contributed by atoms with van der Waals surface area (Å²) in [7, 11) is 1.42. The van der Waals surface area contributed by atoms with Crippen molar-refractivity contribution in [1.29, 1.82) is 5.26 Å². The zero-order valence-corrected chi connectivity index (χ0v) is 8.61. The summed E-state index contributed by atoms with van der Waals surface area (Å²) in [6.45, 7) is 0. The van der Waals surface area contributed by atoms with Gasteiger partial charge >= 0.3 is 0 Å². The summed E-state index contributed by atoms with van der Waals surface area (Å²) >= 11 is 5.62. The van der Waals surface area contributed by atoms with Crippen LogP contribution in [0.25, 0.3) is 0 Å². The first-order chi connectivity index (χ1) is 7.15. The van der Waals surface area contributed by atoms with E-state index >= 15 is 0 Å². The number of halogens is 1. The summed E-state index contributed by atoms with van der Waals surface area (Å²) in [4.78, 5) is 10.0. The van der Waals surface area contributed by atoms with Crippen LogP contribution in [0.15, 0.2) is 12.1 Å². The lowest BCUT2D eigenvalue weighted by molar-refractivity contribution is -0.385. The molecule has 0 N–H and O–H groups in total. The minimum atomic E-state index is -0.617. The maximum atomic E-state index is 10.6. The summed E-state index contributed by atoms with van der Waals surface area (Å²) in [6.07, 6.45) is 0. The van der Waals surface area contributed by atoms with Crippen LogP contribution in [0, 0.1) is 21.4 Å². The Bertz CT molecular complexity index is 440. The predicted molar refractivity (Wildman–Crippen MR) is 53.9 cm³/mol. The van der Waals surface area contributed by atoms with Crippen LogP contribution in [0.2, 0.25) is 0 Å². The van der Waals surface area contributed by atoms with Gasteiger partial charge in [-0.3, -0.25) is 10.1 Å². The molecular weight excluding hydrogens is 220 g/mol. The highest BCUT2D eigenvalue weighted by molar-refractivity contribution is 6.17. The molecule has 6 heteroatoms. The number of alkyl halides is 1. The Balaban J connectivity index is 3.50. The van der Waals surface area contributed by atoms with Crippen molar-refractivity contribution < 1.29 is 9.66 Å². The van der Waals surface area contributed by atoms with Crippen LogP contribution in [0.3, 0.4) is 0 Å². The quantitative estimate of drug-likeness (QED) is 0.450. The average Bonchev–Trinajstić information content (AvgIpc) is 2.26. The second-order valence-corrected chi connectivity index (χ2v) is 2.91. The largest absolute Gasteiger partial charge is 0.496 e. The lowest BCUT2D eigenvalue weighted by Gasteiger charge is -2.07. The monoisotopic (exact) mass is 226 g/mol. The number of nitrogens with zero attached hydrogens (tertiary/aromatic N) is 2. The zero-order valence-electron chi connectivity index (χ0n) is 7.86. The van der Waals surface area contributed by atoms with E-state index in [1.54, 1.807) is 6.07 Å². The second kappa shape index (κ2) is 4.62. The minimum Gasteiger partial charge on any atom is -0.496 e. The van der Waals surface area contributed by atoms with Gasteiger partial charge in [0.1, 0.15) is 17.4 Å². The van der Waals surface area contributed by atoms with Gasteiger partial charge in [-0.05, 0) is 6.07 Å². The number of benzene rings is 1. The smallest absolute Gasteiger partial charge is 0.287 e. The summed E-state index contributed by atoms with van der Waals surface area (Å²) in [5, 5.41) is 19.4. The van der Waals surface area contributed by atoms with Crippen LogP contribution < -0.4 is 4.74 Å². The summed E-state index contributed by atoms with van der Waals surface area (Å²) in [5.74, 6) is 0.375. The fourth-order valence-corrected chi connectivity index (χ4v) is 1.48. The summed E-state index contributed by atoms with van der Waals surface area (Å²) in [5.41, 5.74) is 0.0409. The topological polar surface area (TPSA) is 76.2 Å². The molecule has 0 amide bonds. The van der Waals surface area contributed by atoms with E-state index in [1.807, 2.05) is 0 Å². The van der Waals surface area contributed by atoms with Crippen molar-refractivity contribution in [3.8, 4) is 11.8 Å². The van der Waals surface area contributed by atoms with E-state index < -0.39 is 4.92 Å². The van der Waals surface area contributed by atoms with E-state index in [1.165, 1.54) is 19.2 Å². The third-order valence-electron chi connectivity index (χ3n) is 1.91. The van der Waals surface area contributed by atoms with E-state index in [4.69, 9.17) is 21.6 Å². The number of methoxy groups -OCH3 is 1. The van der Waals surface area contributed by atoms with Gasteiger partial charge in [0.15, 0.2) is 0 Å². The van der Waals surface area contributed by atoms with Gasteiger partial charge in [0.05, 0.1) is 17.9 Å². The molecule has 0 bridgehead atoms. The zero-order chi connectivity index (χ0) is 11.4. The van der Waals surface area contributed by atoms with Gasteiger partial charge in [-0.1, -0.05) is 0 Å². The highest BCUT2D eigenvalue weighted by Crippen LogP contribution is 2.30. The average molecular weight is 227 g/mol. The van der Waals surface area contributed by atoms with Crippen molar-refractivity contribution >= 4 is 17.3 Å². The summed E-state index contributed by atoms with van der Waals surface area (Å²) in [6, 6.07) is 4.42. The van der Waals surface area contributed by atoms with E-state index in [2.05, 4.69) is 0 Å². The van der Waals surface area contributed by atoms with Crippen molar-refractivity contribution in [1.82, 2.24) is 0 Å². The molecule has 78 valence electrons. The first kappa shape index (κ1) is 11.3. The number of nitro groups is 1. The predicted octanol–water partition coefficient (Wildman–Crippen LogP) is 2.21. The molecule has 0 saturated heterocycles. The van der Waals surface area contributed by atoms with Crippen LogP contribution in [-0.4, -0.2) is 12.0 Å². The van der Waals surface area contributed by atoms with Gasteiger partial charge in [0.2, 0.25) is 0 Å². The van der Waals surface area contributed by atoms with E-state index in [0.717, 1.165) is 0 Å². The number of nitro benzene ring substituents is 1. The minimum absolute atomic E-state index is 0.00620. The number of nitriles is 1. The maximum Gasteiger partial charge on any atom is 0.287 e. The van der Waals surface area contributed by atoms with Crippen LogP contribution in [0.1, 0.15) is 11.1 Å². The molecule has 0 spiro atoms. The third-order valence-corrected chi connectivity index (χ3v) is 2.18. The Hall–Kier alpha value is -1.80. The van der Waals surface area contributed by atoms with E-state index in [0.29, 0.717) is 11.3 Å². The third kappa shape index (κ3) is 2.00. The van der Waals surface area contributed by atoms with Gasteiger partial charge in [0.25, 0.3) is 5.69 Å². The Morgan fingerprint density at radius 3 is 2.73 bits per heavy atom. The van der Waals surface area contributed by atoms with E-state index in [9.17, 15) is 10.1 Å². The molecular formula is C9H7ClN2O3. The molecule has 0 atom stereocenters. The molecule has 0 radical (unpaired) electrons. The molecule has 1 rings (SSSR count). The van der Waals surface area contributed by atoms with Crippen LogP contribution >= 0.6 is 11.6 Å². The van der Waals surface area contributed by atoms with Crippen molar-refractivity contribution in [2.75, 3.05) is 7.11 Å². The number of ether oxygens (including phenoxy) is 1. The lowest BCUT2D eigenvalue weighted by Crippen LogP contribution is -1.99. The molecule has 0 aromatic heterocycles. The molecule has 0 fully saturated rings. The fraction of sp³-hybridized carbons (Fsp3) is 0.222. The number of rotatable bonds is 3. The molecule has 0 heterocycles. The van der Waals surface area contributed by atoms with Gasteiger partial charge in [-0.25, -0.2) is 0 Å². The molecule has 0 unspecified atom stereocenters. The van der Waals surface area contributed by atoms with Gasteiger partial charge < -0.3 is 4.74 Å². The lowest BCUT2D eigenvalue weighted by atomic mass is 10.1. The molecule has 0 saturated carbocycles. The molecule has 5 nitrogen and oxygen atoms in total. The standard InChI is InChI=1S/C9H7ClN2O3/c1-15-9-3-2-8(12(13)14)7(5-11)6(9)4-10/h2-3H,4H2,1H3. The van der Waals surface area contributed by atoms with Crippen molar-refractivity contribution in [3.63, 3.8) is 0 Å². The number of hydrogen-bond donors (Lipinski definition) is 0. The normalized spacial score (nSPS) is 9.40. The van der Waals surface area contributed by atoms with Gasteiger partial charge in [-0.2, -0.15) is 5.26 Å². The highest BCUT2D eigenvalue weighted by atomic mass is 35.5. The Morgan fingerprint density at radius 1 is 1.67 bits per heavy atom.